The lowest BCUT2D eigenvalue weighted by Crippen LogP contribution is -2.37. The van der Waals surface area contributed by atoms with E-state index in [1.54, 1.807) is 49.0 Å². The second kappa shape index (κ2) is 10.1. The summed E-state index contributed by atoms with van der Waals surface area (Å²) in [7, 11) is -0.805. The quantitative estimate of drug-likeness (QED) is 0.325. The third-order valence-electron chi connectivity index (χ3n) is 7.68. The van der Waals surface area contributed by atoms with Crippen molar-refractivity contribution in [1.82, 2.24) is 14.2 Å². The fourth-order valence-corrected chi connectivity index (χ4v) is 7.73. The van der Waals surface area contributed by atoms with Gasteiger partial charge in [0, 0.05) is 24.7 Å². The first kappa shape index (κ1) is 25.6. The molecule has 0 spiro atoms. The fourth-order valence-electron chi connectivity index (χ4n) is 5.95. The van der Waals surface area contributed by atoms with Crippen molar-refractivity contribution in [1.29, 1.82) is 0 Å². The maximum atomic E-state index is 14.6. The number of aromatic nitrogens is 1. The molecule has 0 bridgehead atoms. The number of pyridine rings is 1. The Hall–Kier alpha value is -3.66. The highest BCUT2D eigenvalue weighted by Crippen LogP contribution is 2.48. The van der Waals surface area contributed by atoms with Crippen LogP contribution in [0.5, 0.6) is 17.2 Å². The highest BCUT2D eigenvalue weighted by Gasteiger charge is 2.49. The molecule has 202 valence electrons. The van der Waals surface area contributed by atoms with E-state index in [4.69, 9.17) is 14.2 Å². The summed E-state index contributed by atoms with van der Waals surface area (Å²) in [6, 6.07) is 20.8. The minimum atomic E-state index is -3.97. The number of methoxy groups -OCH3 is 2. The SMILES string of the molecule is CCOc1cc(C2N3CCc4ccccc4C3CN2S(=O)(=O)c2ccc(OC)c3ncccc23)ccc1OC. The summed E-state index contributed by atoms with van der Waals surface area (Å²) in [6.07, 6.45) is 1.97. The molecule has 2 unspecified atom stereocenters. The first-order chi connectivity index (χ1) is 19.0. The standard InChI is InChI=1S/C30H31N3O5S/c1-4-38-27-18-21(11-12-25(27)36-2)30-32-17-15-20-8-5-6-9-22(20)24(32)19-33(30)39(34,35)28-14-13-26(37-3)29-23(28)10-7-16-31-29/h5-14,16,18,24,30H,4,15,17,19H2,1-3H3. The van der Waals surface area contributed by atoms with Crippen LogP contribution in [0.3, 0.4) is 0 Å². The van der Waals surface area contributed by atoms with E-state index >= 15 is 0 Å². The summed E-state index contributed by atoms with van der Waals surface area (Å²) in [4.78, 5) is 6.94. The second-order valence-electron chi connectivity index (χ2n) is 9.66. The minimum Gasteiger partial charge on any atom is -0.494 e. The molecule has 0 aliphatic carbocycles. The van der Waals surface area contributed by atoms with Gasteiger partial charge in [-0.1, -0.05) is 30.3 Å². The highest BCUT2D eigenvalue weighted by atomic mass is 32.2. The molecule has 4 aromatic rings. The zero-order valence-electron chi connectivity index (χ0n) is 22.2. The molecular weight excluding hydrogens is 514 g/mol. The number of ether oxygens (including phenoxy) is 3. The Bertz CT molecular complexity index is 1640. The summed E-state index contributed by atoms with van der Waals surface area (Å²) < 4.78 is 47.7. The van der Waals surface area contributed by atoms with Gasteiger partial charge in [-0.3, -0.25) is 9.88 Å². The predicted octanol–water partition coefficient (Wildman–Crippen LogP) is 4.95. The van der Waals surface area contributed by atoms with Crippen LogP contribution in [0, 0.1) is 0 Å². The Kier molecular flexibility index (Phi) is 6.66. The zero-order valence-corrected chi connectivity index (χ0v) is 23.0. The number of nitrogens with zero attached hydrogens (tertiary/aromatic N) is 3. The number of rotatable bonds is 7. The molecule has 39 heavy (non-hydrogen) atoms. The maximum Gasteiger partial charge on any atom is 0.245 e. The second-order valence-corrected chi connectivity index (χ2v) is 11.5. The van der Waals surface area contributed by atoms with Gasteiger partial charge in [0.15, 0.2) is 11.5 Å². The summed E-state index contributed by atoms with van der Waals surface area (Å²) in [6.45, 7) is 3.45. The van der Waals surface area contributed by atoms with Gasteiger partial charge in [-0.25, -0.2) is 8.42 Å². The number of hydrogen-bond donors (Lipinski definition) is 0. The Balaban J connectivity index is 1.53. The number of benzene rings is 3. The summed E-state index contributed by atoms with van der Waals surface area (Å²) in [5, 5.41) is 0.533. The van der Waals surface area contributed by atoms with Crippen molar-refractivity contribution in [2.75, 3.05) is 33.9 Å². The molecule has 0 saturated carbocycles. The van der Waals surface area contributed by atoms with E-state index in [0.29, 0.717) is 41.3 Å². The molecule has 2 atom stereocenters. The predicted molar refractivity (Wildman–Crippen MR) is 149 cm³/mol. The van der Waals surface area contributed by atoms with Crippen LogP contribution in [0.1, 0.15) is 35.8 Å². The van der Waals surface area contributed by atoms with Gasteiger partial charge in [0.1, 0.15) is 17.4 Å². The molecule has 8 nitrogen and oxygen atoms in total. The number of hydrogen-bond acceptors (Lipinski definition) is 7. The average Bonchev–Trinajstić information content (AvgIpc) is 3.38. The molecule has 1 fully saturated rings. The molecule has 6 rings (SSSR count). The van der Waals surface area contributed by atoms with E-state index in [1.165, 1.54) is 11.1 Å². The zero-order chi connectivity index (χ0) is 27.1. The minimum absolute atomic E-state index is 0.0741. The molecule has 0 radical (unpaired) electrons. The van der Waals surface area contributed by atoms with Crippen molar-refractivity contribution >= 4 is 20.9 Å². The van der Waals surface area contributed by atoms with Crippen LogP contribution in [0.2, 0.25) is 0 Å². The van der Waals surface area contributed by atoms with Crippen molar-refractivity contribution < 1.29 is 22.6 Å². The van der Waals surface area contributed by atoms with E-state index in [-0.39, 0.29) is 10.9 Å². The summed E-state index contributed by atoms with van der Waals surface area (Å²) >= 11 is 0. The fraction of sp³-hybridized carbons (Fsp3) is 0.300. The molecule has 1 aromatic heterocycles. The molecule has 2 aliphatic rings. The van der Waals surface area contributed by atoms with Crippen molar-refractivity contribution in [2.24, 2.45) is 0 Å². The van der Waals surface area contributed by atoms with E-state index in [2.05, 4.69) is 22.0 Å². The molecule has 2 aliphatic heterocycles. The highest BCUT2D eigenvalue weighted by molar-refractivity contribution is 7.89. The van der Waals surface area contributed by atoms with Crippen LogP contribution in [-0.2, 0) is 16.4 Å². The Morgan fingerprint density at radius 1 is 0.949 bits per heavy atom. The van der Waals surface area contributed by atoms with Gasteiger partial charge in [-0.15, -0.1) is 0 Å². The van der Waals surface area contributed by atoms with Crippen molar-refractivity contribution in [3.05, 3.63) is 89.6 Å². The van der Waals surface area contributed by atoms with Gasteiger partial charge in [0.05, 0.1) is 31.8 Å². The number of fused-ring (bicyclic) bond motifs is 4. The van der Waals surface area contributed by atoms with Gasteiger partial charge in [-0.05, 0) is 66.4 Å². The smallest absolute Gasteiger partial charge is 0.245 e. The summed E-state index contributed by atoms with van der Waals surface area (Å²) in [5.74, 6) is 1.74. The van der Waals surface area contributed by atoms with Gasteiger partial charge < -0.3 is 14.2 Å². The monoisotopic (exact) mass is 545 g/mol. The van der Waals surface area contributed by atoms with Crippen LogP contribution < -0.4 is 14.2 Å². The third kappa shape index (κ3) is 4.21. The number of sulfonamides is 1. The largest absolute Gasteiger partial charge is 0.494 e. The van der Waals surface area contributed by atoms with Crippen molar-refractivity contribution in [2.45, 2.75) is 30.4 Å². The van der Waals surface area contributed by atoms with Crippen LogP contribution in [0.25, 0.3) is 10.9 Å². The normalized spacial score (nSPS) is 19.5. The van der Waals surface area contributed by atoms with Crippen LogP contribution in [0.4, 0.5) is 0 Å². The van der Waals surface area contributed by atoms with Gasteiger partial charge in [0.25, 0.3) is 0 Å². The molecule has 1 saturated heterocycles. The Morgan fingerprint density at radius 3 is 2.54 bits per heavy atom. The summed E-state index contributed by atoms with van der Waals surface area (Å²) in [5.41, 5.74) is 3.79. The Labute approximate surface area is 228 Å². The molecular formula is C30H31N3O5S. The lowest BCUT2D eigenvalue weighted by atomic mass is 9.93. The van der Waals surface area contributed by atoms with E-state index in [1.807, 2.05) is 37.3 Å². The molecule has 0 N–H and O–H groups in total. The first-order valence-corrected chi connectivity index (χ1v) is 14.5. The molecule has 3 heterocycles. The third-order valence-corrected chi connectivity index (χ3v) is 9.56. The Morgan fingerprint density at radius 2 is 1.74 bits per heavy atom. The van der Waals surface area contributed by atoms with Crippen LogP contribution in [-0.4, -0.2) is 56.5 Å². The lowest BCUT2D eigenvalue weighted by molar-refractivity contribution is 0.154. The lowest BCUT2D eigenvalue weighted by Gasteiger charge is -2.36. The molecule has 9 heteroatoms. The van der Waals surface area contributed by atoms with Gasteiger partial charge in [-0.2, -0.15) is 4.31 Å². The van der Waals surface area contributed by atoms with E-state index in [0.717, 1.165) is 18.5 Å². The van der Waals surface area contributed by atoms with Crippen LogP contribution >= 0.6 is 0 Å². The van der Waals surface area contributed by atoms with E-state index in [9.17, 15) is 8.42 Å². The average molecular weight is 546 g/mol. The van der Waals surface area contributed by atoms with E-state index < -0.39 is 16.2 Å². The first-order valence-electron chi connectivity index (χ1n) is 13.1. The van der Waals surface area contributed by atoms with Crippen molar-refractivity contribution in [3.8, 4) is 17.2 Å². The van der Waals surface area contributed by atoms with Gasteiger partial charge in [0.2, 0.25) is 10.0 Å². The maximum absolute atomic E-state index is 14.6. The topological polar surface area (TPSA) is 81.2 Å². The van der Waals surface area contributed by atoms with Crippen molar-refractivity contribution in [3.63, 3.8) is 0 Å². The molecule has 0 amide bonds. The van der Waals surface area contributed by atoms with Crippen LogP contribution in [0.15, 0.2) is 77.8 Å². The van der Waals surface area contributed by atoms with Gasteiger partial charge >= 0.3 is 0 Å². The molecule has 3 aromatic carbocycles.